The third kappa shape index (κ3) is 1.49. The predicted octanol–water partition coefficient (Wildman–Crippen LogP) is 2.32. The molecule has 0 fully saturated rings. The van der Waals surface area contributed by atoms with E-state index in [0.29, 0.717) is 5.69 Å². The van der Waals surface area contributed by atoms with Crippen LogP contribution in [0.4, 0.5) is 0 Å². The van der Waals surface area contributed by atoms with Gasteiger partial charge >= 0.3 is 0 Å². The number of nitrogens with zero attached hydrogens (tertiary/aromatic N) is 2. The summed E-state index contributed by atoms with van der Waals surface area (Å²) in [7, 11) is 0. The summed E-state index contributed by atoms with van der Waals surface area (Å²) in [6.45, 7) is 1.53. The first-order chi connectivity index (χ1) is 6.20. The number of carbonyl (C=O) groups excluding carboxylic acids is 1. The highest BCUT2D eigenvalue weighted by Crippen LogP contribution is 2.25. The van der Waals surface area contributed by atoms with E-state index < -0.39 is 0 Å². The van der Waals surface area contributed by atoms with Crippen LogP contribution in [0.1, 0.15) is 17.4 Å². The van der Waals surface area contributed by atoms with Gasteiger partial charge in [-0.05, 0) is 6.26 Å². The van der Waals surface area contributed by atoms with E-state index in [0.717, 1.165) is 4.96 Å². The van der Waals surface area contributed by atoms with Crippen molar-refractivity contribution >= 4 is 33.8 Å². The number of ketones is 1. The fraction of sp³-hybridized carbons (Fsp3) is 0.250. The summed E-state index contributed by atoms with van der Waals surface area (Å²) in [6.07, 6.45) is 5.79. The minimum absolute atomic E-state index is 0.0154. The Balaban J connectivity index is 2.54. The van der Waals surface area contributed by atoms with Gasteiger partial charge in [-0.1, -0.05) is 11.3 Å². The highest BCUT2D eigenvalue weighted by atomic mass is 32.2. The first-order valence-electron chi connectivity index (χ1n) is 3.74. The molecule has 2 heterocycles. The van der Waals surface area contributed by atoms with Gasteiger partial charge in [-0.2, -0.15) is 0 Å². The minimum atomic E-state index is 0.0154. The molecule has 0 spiro atoms. The monoisotopic (exact) mass is 212 g/mol. The Hall–Kier alpha value is -0.810. The lowest BCUT2D eigenvalue weighted by atomic mass is 10.3. The third-order valence-electron chi connectivity index (χ3n) is 1.70. The number of thioether (sulfide) groups is 1. The minimum Gasteiger partial charge on any atom is -0.296 e. The Morgan fingerprint density at radius 3 is 2.92 bits per heavy atom. The zero-order chi connectivity index (χ0) is 9.42. The number of aromatic nitrogens is 2. The number of imidazole rings is 1. The van der Waals surface area contributed by atoms with Crippen molar-refractivity contribution in [2.24, 2.45) is 0 Å². The molecule has 2 rings (SSSR count). The molecule has 0 aliphatic heterocycles. The Bertz CT molecular complexity index is 426. The highest BCUT2D eigenvalue weighted by molar-refractivity contribution is 8.00. The van der Waals surface area contributed by atoms with E-state index in [1.54, 1.807) is 29.3 Å². The van der Waals surface area contributed by atoms with Crippen molar-refractivity contribution in [3.63, 3.8) is 0 Å². The van der Waals surface area contributed by atoms with Crippen molar-refractivity contribution in [1.82, 2.24) is 9.38 Å². The van der Waals surface area contributed by atoms with Gasteiger partial charge in [-0.15, -0.1) is 11.8 Å². The molecule has 2 aromatic heterocycles. The van der Waals surface area contributed by atoms with Crippen LogP contribution < -0.4 is 0 Å². The van der Waals surface area contributed by atoms with Gasteiger partial charge in [0.15, 0.2) is 10.7 Å². The lowest BCUT2D eigenvalue weighted by molar-refractivity contribution is 0.101. The van der Waals surface area contributed by atoms with Gasteiger partial charge < -0.3 is 0 Å². The van der Waals surface area contributed by atoms with E-state index in [2.05, 4.69) is 4.98 Å². The normalized spacial score (nSPS) is 10.9. The number of carbonyl (C=O) groups is 1. The van der Waals surface area contributed by atoms with Gasteiger partial charge in [-0.3, -0.25) is 9.20 Å². The molecule has 0 bridgehead atoms. The first kappa shape index (κ1) is 8.77. The van der Waals surface area contributed by atoms with Gasteiger partial charge in [0.2, 0.25) is 0 Å². The van der Waals surface area contributed by atoms with Crippen LogP contribution in [0.2, 0.25) is 0 Å². The second kappa shape index (κ2) is 3.16. The standard InChI is InChI=1S/C8H8N2OS2/c1-5(11)6-3-10-4-7(12-2)13-8(10)9-6/h3-4H,1-2H3. The van der Waals surface area contributed by atoms with E-state index in [9.17, 15) is 4.79 Å². The van der Waals surface area contributed by atoms with Crippen LogP contribution >= 0.6 is 23.1 Å². The molecule has 0 atom stereocenters. The lowest BCUT2D eigenvalue weighted by Gasteiger charge is -1.83. The average Bonchev–Trinajstić information content (AvgIpc) is 2.58. The SMILES string of the molecule is CSc1cn2cc(C(C)=O)nc2s1. The van der Waals surface area contributed by atoms with Crippen molar-refractivity contribution in [2.75, 3.05) is 6.26 Å². The molecule has 0 unspecified atom stereocenters. The molecule has 0 amide bonds. The topological polar surface area (TPSA) is 34.4 Å². The van der Waals surface area contributed by atoms with E-state index in [1.807, 2.05) is 16.9 Å². The van der Waals surface area contributed by atoms with E-state index in [-0.39, 0.29) is 5.78 Å². The Morgan fingerprint density at radius 2 is 2.38 bits per heavy atom. The maximum absolute atomic E-state index is 11.0. The predicted molar refractivity (Wildman–Crippen MR) is 54.9 cm³/mol. The van der Waals surface area contributed by atoms with Crippen LogP contribution in [0.15, 0.2) is 16.6 Å². The maximum atomic E-state index is 11.0. The maximum Gasteiger partial charge on any atom is 0.195 e. The zero-order valence-electron chi connectivity index (χ0n) is 7.27. The van der Waals surface area contributed by atoms with Gasteiger partial charge in [0.1, 0.15) is 5.69 Å². The van der Waals surface area contributed by atoms with Crippen molar-refractivity contribution in [3.8, 4) is 0 Å². The molecule has 0 aliphatic carbocycles. The van der Waals surface area contributed by atoms with Gasteiger partial charge in [0.05, 0.1) is 4.21 Å². The largest absolute Gasteiger partial charge is 0.296 e. The summed E-state index contributed by atoms with van der Waals surface area (Å²) < 4.78 is 3.10. The van der Waals surface area contributed by atoms with Crippen LogP contribution in [0.5, 0.6) is 0 Å². The van der Waals surface area contributed by atoms with Crippen LogP contribution in [0.25, 0.3) is 4.96 Å². The number of rotatable bonds is 2. The van der Waals surface area contributed by atoms with Gasteiger partial charge in [-0.25, -0.2) is 4.98 Å². The van der Waals surface area contributed by atoms with E-state index in [4.69, 9.17) is 0 Å². The van der Waals surface area contributed by atoms with Gasteiger partial charge in [0, 0.05) is 19.3 Å². The molecule has 0 saturated heterocycles. The second-order valence-electron chi connectivity index (χ2n) is 2.63. The van der Waals surface area contributed by atoms with Crippen molar-refractivity contribution in [1.29, 1.82) is 0 Å². The number of hydrogen-bond acceptors (Lipinski definition) is 4. The molecule has 3 nitrogen and oxygen atoms in total. The number of thiazole rings is 1. The van der Waals surface area contributed by atoms with Crippen molar-refractivity contribution in [3.05, 3.63) is 18.1 Å². The quantitative estimate of drug-likeness (QED) is 0.566. The molecular weight excluding hydrogens is 204 g/mol. The molecule has 0 N–H and O–H groups in total. The number of fused-ring (bicyclic) bond motifs is 1. The highest BCUT2D eigenvalue weighted by Gasteiger charge is 2.08. The fourth-order valence-electron chi connectivity index (χ4n) is 1.04. The first-order valence-corrected chi connectivity index (χ1v) is 5.78. The lowest BCUT2D eigenvalue weighted by Crippen LogP contribution is -1.90. The molecule has 5 heteroatoms. The zero-order valence-corrected chi connectivity index (χ0v) is 8.91. The average molecular weight is 212 g/mol. The summed E-state index contributed by atoms with van der Waals surface area (Å²) in [5.41, 5.74) is 0.541. The van der Waals surface area contributed by atoms with Crippen LogP contribution in [-0.4, -0.2) is 21.4 Å². The Morgan fingerprint density at radius 1 is 1.62 bits per heavy atom. The second-order valence-corrected chi connectivity index (χ2v) is 4.74. The van der Waals surface area contributed by atoms with Crippen molar-refractivity contribution in [2.45, 2.75) is 11.1 Å². The van der Waals surface area contributed by atoms with Gasteiger partial charge in [0.25, 0.3) is 0 Å². The molecule has 2 aromatic rings. The molecule has 0 saturated carbocycles. The fourth-order valence-corrected chi connectivity index (χ4v) is 2.52. The Kier molecular flexibility index (Phi) is 2.13. The molecule has 0 radical (unpaired) electrons. The smallest absolute Gasteiger partial charge is 0.195 e. The molecule has 0 aliphatic rings. The summed E-state index contributed by atoms with van der Waals surface area (Å²) in [5, 5.41) is 0. The number of hydrogen-bond donors (Lipinski definition) is 0. The third-order valence-corrected chi connectivity index (χ3v) is 3.75. The Labute approximate surface area is 83.8 Å². The molecule has 68 valence electrons. The van der Waals surface area contributed by atoms with E-state index >= 15 is 0 Å². The summed E-state index contributed by atoms with van der Waals surface area (Å²) in [4.78, 5) is 16.1. The summed E-state index contributed by atoms with van der Waals surface area (Å²) in [5.74, 6) is 0.0154. The van der Waals surface area contributed by atoms with Crippen LogP contribution in [0, 0.1) is 0 Å². The molecule has 0 aromatic carbocycles. The van der Waals surface area contributed by atoms with Crippen LogP contribution in [-0.2, 0) is 0 Å². The van der Waals surface area contributed by atoms with Crippen LogP contribution in [0.3, 0.4) is 0 Å². The van der Waals surface area contributed by atoms with Crippen molar-refractivity contribution < 1.29 is 4.79 Å². The molecular formula is C8H8N2OS2. The molecule has 13 heavy (non-hydrogen) atoms. The summed E-state index contributed by atoms with van der Waals surface area (Å²) in [6, 6.07) is 0. The summed E-state index contributed by atoms with van der Waals surface area (Å²) >= 11 is 3.28. The van der Waals surface area contributed by atoms with E-state index in [1.165, 1.54) is 11.1 Å². The number of Topliss-reactive ketones (excluding diaryl/α,β-unsaturated/α-hetero) is 1.